The number of hydrogen-bond acceptors (Lipinski definition) is 5. The van der Waals surface area contributed by atoms with Crippen LogP contribution in [-0.2, 0) is 19.4 Å². The summed E-state index contributed by atoms with van der Waals surface area (Å²) in [4.78, 5) is 16.6. The molecule has 1 N–H and O–H groups in total. The Morgan fingerprint density at radius 1 is 1.29 bits per heavy atom. The van der Waals surface area contributed by atoms with E-state index in [2.05, 4.69) is 10.3 Å². The van der Waals surface area contributed by atoms with Gasteiger partial charge in [0, 0.05) is 17.9 Å². The maximum absolute atomic E-state index is 12.3. The first-order valence-corrected chi connectivity index (χ1v) is 10.1. The van der Waals surface area contributed by atoms with E-state index in [1.165, 1.54) is 17.9 Å². The van der Waals surface area contributed by atoms with E-state index in [0.29, 0.717) is 18.2 Å². The smallest absolute Gasteiger partial charge is 0.270 e. The molecule has 1 atom stereocenters. The van der Waals surface area contributed by atoms with Crippen molar-refractivity contribution < 1.29 is 17.9 Å². The molecule has 3 aliphatic rings. The number of allylic oxidation sites excluding steroid dienone is 2. The van der Waals surface area contributed by atoms with Gasteiger partial charge in [-0.05, 0) is 38.2 Å². The highest BCUT2D eigenvalue weighted by atomic mass is 32.2. The number of aliphatic imine (C=N–C) groups is 1. The van der Waals surface area contributed by atoms with Gasteiger partial charge < -0.3 is 10.1 Å². The average Bonchev–Trinajstić information content (AvgIpc) is 2.47. The van der Waals surface area contributed by atoms with Gasteiger partial charge in [0.2, 0.25) is 0 Å². The van der Waals surface area contributed by atoms with E-state index < -0.39 is 9.84 Å². The van der Waals surface area contributed by atoms with Crippen LogP contribution in [0.25, 0.3) is 0 Å². The quantitative estimate of drug-likeness (QED) is 0.840. The lowest BCUT2D eigenvalue weighted by atomic mass is 9.96. The molecule has 0 spiro atoms. The van der Waals surface area contributed by atoms with Gasteiger partial charge in [0.1, 0.15) is 11.5 Å². The van der Waals surface area contributed by atoms with Crippen LogP contribution in [0.4, 0.5) is 0 Å². The highest BCUT2D eigenvalue weighted by molar-refractivity contribution is 7.94. The highest BCUT2D eigenvalue weighted by Crippen LogP contribution is 2.26. The second-order valence-corrected chi connectivity index (χ2v) is 8.29. The van der Waals surface area contributed by atoms with Crippen LogP contribution in [0, 0.1) is 0 Å². The van der Waals surface area contributed by atoms with Crippen molar-refractivity contribution in [2.75, 3.05) is 5.75 Å². The molecular weight excluding hydrogens is 328 g/mol. The Morgan fingerprint density at radius 2 is 2.12 bits per heavy atom. The number of nitrogens with one attached hydrogen (secondary N) is 1. The van der Waals surface area contributed by atoms with Crippen molar-refractivity contribution in [1.82, 2.24) is 5.32 Å². The number of sulfone groups is 1. The molecule has 0 aromatic heterocycles. The Hall–Kier alpha value is -1.89. The summed E-state index contributed by atoms with van der Waals surface area (Å²) in [6.45, 7) is 0. The van der Waals surface area contributed by atoms with E-state index in [4.69, 9.17) is 4.74 Å². The third-order valence-electron chi connectivity index (χ3n) is 4.33. The fourth-order valence-electron chi connectivity index (χ4n) is 2.63. The molecule has 130 valence electrons. The van der Waals surface area contributed by atoms with Gasteiger partial charge in [-0.2, -0.15) is 0 Å². The van der Waals surface area contributed by atoms with E-state index >= 15 is 0 Å². The highest BCUT2D eigenvalue weighted by Gasteiger charge is 2.22. The van der Waals surface area contributed by atoms with E-state index in [1.54, 1.807) is 12.3 Å². The van der Waals surface area contributed by atoms with E-state index in [9.17, 15) is 13.2 Å². The monoisotopic (exact) mass is 350 g/mol. The van der Waals surface area contributed by atoms with Crippen molar-refractivity contribution in [3.05, 3.63) is 35.6 Å². The van der Waals surface area contributed by atoms with Gasteiger partial charge >= 0.3 is 0 Å². The molecule has 0 bridgehead atoms. The lowest BCUT2D eigenvalue weighted by Crippen LogP contribution is -2.40. The summed E-state index contributed by atoms with van der Waals surface area (Å²) in [5.74, 6) is 0.565. The van der Waals surface area contributed by atoms with Crippen molar-refractivity contribution in [3.63, 3.8) is 0 Å². The Morgan fingerprint density at radius 3 is 2.79 bits per heavy atom. The van der Waals surface area contributed by atoms with Gasteiger partial charge in [-0.3, -0.25) is 4.79 Å². The summed E-state index contributed by atoms with van der Waals surface area (Å²) in [5, 5.41) is 3.98. The number of carbonyl (C=O) groups is 1. The normalized spacial score (nSPS) is 32.1. The molecule has 0 aromatic carbocycles. The molecule has 7 heteroatoms. The minimum Gasteiger partial charge on any atom is -0.493 e. The topological polar surface area (TPSA) is 84.8 Å². The van der Waals surface area contributed by atoms with Crippen molar-refractivity contribution in [2.45, 2.75) is 50.7 Å². The Kier molecular flexibility index (Phi) is 5.18. The lowest BCUT2D eigenvalue weighted by molar-refractivity contribution is -0.115. The molecule has 1 saturated carbocycles. The first-order chi connectivity index (χ1) is 11.5. The van der Waals surface area contributed by atoms with Gasteiger partial charge in [0.05, 0.1) is 18.1 Å². The standard InChI is InChI=1S/C17H22N2O4S/c20-17(19-13-8-10-24(21,22)11-9-13)16-7-2-1-4-15(12-18-16)23-14-5-3-6-14/h2,7-8,10,12-14H,1,3-6,9,11H2,(H,19,20)/b7-2-,15-12+,18-16-/t13-/m0/s1. The van der Waals surface area contributed by atoms with Crippen LogP contribution in [0.5, 0.6) is 0 Å². The molecule has 0 radical (unpaired) electrons. The molecule has 0 aromatic rings. The molecule has 24 heavy (non-hydrogen) atoms. The van der Waals surface area contributed by atoms with Crippen LogP contribution in [-0.4, -0.2) is 37.9 Å². The maximum atomic E-state index is 12.3. The van der Waals surface area contributed by atoms with E-state index in [1.807, 2.05) is 6.08 Å². The minimum absolute atomic E-state index is 0.0516. The molecule has 1 fully saturated rings. The second kappa shape index (κ2) is 7.34. The van der Waals surface area contributed by atoms with Crippen LogP contribution < -0.4 is 5.32 Å². The van der Waals surface area contributed by atoms with Crippen LogP contribution in [0.15, 0.2) is 40.6 Å². The number of rotatable bonds is 4. The summed E-state index contributed by atoms with van der Waals surface area (Å²) < 4.78 is 28.6. The average molecular weight is 350 g/mol. The number of hydrogen-bond donors (Lipinski definition) is 1. The Labute approximate surface area is 142 Å². The summed E-state index contributed by atoms with van der Waals surface area (Å²) >= 11 is 0. The van der Waals surface area contributed by atoms with Gasteiger partial charge in [0.25, 0.3) is 5.91 Å². The first-order valence-electron chi connectivity index (χ1n) is 8.34. The summed E-state index contributed by atoms with van der Waals surface area (Å²) in [6, 6.07) is -0.280. The van der Waals surface area contributed by atoms with Crippen molar-refractivity contribution in [3.8, 4) is 0 Å². The fraction of sp³-hybridized carbons (Fsp3) is 0.529. The molecular formula is C17H22N2O4S. The van der Waals surface area contributed by atoms with E-state index in [-0.39, 0.29) is 17.7 Å². The number of carbonyl (C=O) groups excluding carboxylic acids is 1. The van der Waals surface area contributed by atoms with Crippen molar-refractivity contribution in [2.24, 2.45) is 4.99 Å². The molecule has 6 nitrogen and oxygen atoms in total. The van der Waals surface area contributed by atoms with Crippen molar-refractivity contribution >= 4 is 21.5 Å². The molecule has 2 heterocycles. The zero-order valence-electron chi connectivity index (χ0n) is 13.5. The molecule has 2 aliphatic heterocycles. The molecule has 0 saturated heterocycles. The molecule has 0 unspecified atom stereocenters. The van der Waals surface area contributed by atoms with Crippen LogP contribution >= 0.6 is 0 Å². The van der Waals surface area contributed by atoms with Crippen molar-refractivity contribution in [1.29, 1.82) is 0 Å². The Balaban J connectivity index is 1.64. The third-order valence-corrected chi connectivity index (χ3v) is 5.71. The number of ether oxygens (including phenoxy) is 1. The fourth-order valence-corrected chi connectivity index (χ4v) is 3.78. The lowest BCUT2D eigenvalue weighted by Gasteiger charge is -2.27. The number of amides is 1. The predicted octanol–water partition coefficient (Wildman–Crippen LogP) is 2.00. The predicted molar refractivity (Wildman–Crippen MR) is 92.1 cm³/mol. The Bertz CT molecular complexity index is 715. The van der Waals surface area contributed by atoms with Gasteiger partial charge in [-0.25, -0.2) is 13.4 Å². The third kappa shape index (κ3) is 4.56. The molecule has 1 amide bonds. The number of nitrogens with zero attached hydrogens (tertiary/aromatic N) is 1. The van der Waals surface area contributed by atoms with Gasteiger partial charge in [0.15, 0.2) is 9.84 Å². The molecule has 3 rings (SSSR count). The summed E-state index contributed by atoms with van der Waals surface area (Å²) in [6.07, 6.45) is 12.4. The van der Waals surface area contributed by atoms with Crippen LogP contribution in [0.3, 0.4) is 0 Å². The minimum atomic E-state index is -3.11. The summed E-state index contributed by atoms with van der Waals surface area (Å²) in [7, 11) is -3.11. The van der Waals surface area contributed by atoms with Gasteiger partial charge in [-0.1, -0.05) is 12.2 Å². The molecule has 1 aliphatic carbocycles. The largest absolute Gasteiger partial charge is 0.493 e. The zero-order chi connectivity index (χ0) is 17.0. The SMILES string of the molecule is O=C(N[C@H]1C=CS(=O)(=O)CC1)C1=N\C=C(\OC2CCC2)CC/C=C\1. The van der Waals surface area contributed by atoms with Crippen LogP contribution in [0.1, 0.15) is 38.5 Å². The summed E-state index contributed by atoms with van der Waals surface area (Å²) in [5.41, 5.74) is 0.311. The van der Waals surface area contributed by atoms with Crippen LogP contribution in [0.2, 0.25) is 0 Å². The van der Waals surface area contributed by atoms with E-state index in [0.717, 1.165) is 31.4 Å². The van der Waals surface area contributed by atoms with Gasteiger partial charge in [-0.15, -0.1) is 0 Å². The zero-order valence-corrected chi connectivity index (χ0v) is 14.3. The maximum Gasteiger partial charge on any atom is 0.270 e. The first kappa shape index (κ1) is 17.0. The second-order valence-electron chi connectivity index (χ2n) is 6.29.